The van der Waals surface area contributed by atoms with Crippen LogP contribution in [0.4, 0.5) is 10.3 Å². The van der Waals surface area contributed by atoms with Gasteiger partial charge >= 0.3 is 5.76 Å². The van der Waals surface area contributed by atoms with Crippen molar-refractivity contribution in [1.82, 2.24) is 29.7 Å². The number of halogens is 2. The first-order valence-electron chi connectivity index (χ1n) is 13.0. The van der Waals surface area contributed by atoms with E-state index >= 15 is 0 Å². The maximum Gasteiger partial charge on any atom is 0.439 e. The third-order valence-electron chi connectivity index (χ3n) is 7.57. The van der Waals surface area contributed by atoms with E-state index in [1.54, 1.807) is 6.07 Å². The molecule has 1 saturated heterocycles. The van der Waals surface area contributed by atoms with Crippen LogP contribution < -0.4 is 10.7 Å². The van der Waals surface area contributed by atoms with E-state index in [2.05, 4.69) is 26.6 Å². The van der Waals surface area contributed by atoms with E-state index < -0.39 is 18.5 Å². The molecule has 1 aliphatic heterocycles. The van der Waals surface area contributed by atoms with Gasteiger partial charge in [0.25, 0.3) is 0 Å². The van der Waals surface area contributed by atoms with Crippen molar-refractivity contribution in [2.75, 3.05) is 31.3 Å². The number of rotatable bonds is 6. The zero-order valence-electron chi connectivity index (χ0n) is 21.1. The van der Waals surface area contributed by atoms with E-state index in [0.717, 1.165) is 29.8 Å². The van der Waals surface area contributed by atoms with Crippen LogP contribution in [0.3, 0.4) is 0 Å². The van der Waals surface area contributed by atoms with Crippen LogP contribution in [0.25, 0.3) is 34.1 Å². The van der Waals surface area contributed by atoms with E-state index in [0.29, 0.717) is 54.5 Å². The molecule has 0 unspecified atom stereocenters. The van der Waals surface area contributed by atoms with Gasteiger partial charge in [-0.15, -0.1) is 0 Å². The van der Waals surface area contributed by atoms with Crippen molar-refractivity contribution in [2.45, 2.75) is 45.2 Å². The molecule has 3 aromatic heterocycles. The molecule has 0 amide bonds. The average molecular weight is 542 g/mol. The van der Waals surface area contributed by atoms with Crippen LogP contribution in [0.15, 0.2) is 33.6 Å². The van der Waals surface area contributed by atoms with Crippen LogP contribution in [0.5, 0.6) is 0 Å². The Labute approximate surface area is 223 Å². The molecule has 4 aromatic rings. The van der Waals surface area contributed by atoms with Gasteiger partial charge in [0.15, 0.2) is 5.65 Å². The maximum atomic E-state index is 14.1. The summed E-state index contributed by atoms with van der Waals surface area (Å²) in [5.74, 6) is 1.39. The standard InChI is InChI=1S/C26H29ClFN7O3/c1-15-5-7-16(8-6-15)13-35-21-20(17-3-2-4-18(27)11-17)29-23(24-32-26(36)38-33-24)30-22(21)31-25(35)34-9-10-37-14-19(34)12-28/h2-4,11,15-16,19H,5-10,12-14H2,1H3,(H,32,33,36)/t15?,16?,19-/m1/s1. The van der Waals surface area contributed by atoms with Crippen LogP contribution in [-0.2, 0) is 11.3 Å². The molecule has 1 aromatic carbocycles. The second-order valence-corrected chi connectivity index (χ2v) is 10.7. The number of morpholine rings is 1. The summed E-state index contributed by atoms with van der Waals surface area (Å²) in [4.78, 5) is 30.6. The lowest BCUT2D eigenvalue weighted by Crippen LogP contribution is -2.48. The highest BCUT2D eigenvalue weighted by atomic mass is 35.5. The summed E-state index contributed by atoms with van der Waals surface area (Å²) in [5.41, 5.74) is 2.53. The Morgan fingerprint density at radius 3 is 2.76 bits per heavy atom. The fourth-order valence-electron chi connectivity index (χ4n) is 5.50. The molecule has 1 N–H and O–H groups in total. The monoisotopic (exact) mass is 541 g/mol. The third kappa shape index (κ3) is 4.80. The minimum Gasteiger partial charge on any atom is -0.377 e. The summed E-state index contributed by atoms with van der Waals surface area (Å²) >= 11 is 6.38. The molecule has 38 heavy (non-hydrogen) atoms. The lowest BCUT2D eigenvalue weighted by molar-refractivity contribution is 0.0846. The van der Waals surface area contributed by atoms with Crippen molar-refractivity contribution in [3.8, 4) is 22.9 Å². The molecule has 2 fully saturated rings. The smallest absolute Gasteiger partial charge is 0.377 e. The molecule has 2 aliphatic rings. The highest BCUT2D eigenvalue weighted by Crippen LogP contribution is 2.37. The number of anilines is 1. The topological polar surface area (TPSA) is 115 Å². The van der Waals surface area contributed by atoms with Gasteiger partial charge in [-0.1, -0.05) is 48.7 Å². The number of aromatic amines is 1. The fraction of sp³-hybridized carbons (Fsp3) is 0.500. The van der Waals surface area contributed by atoms with Crippen LogP contribution >= 0.6 is 11.6 Å². The highest BCUT2D eigenvalue weighted by Gasteiger charge is 2.31. The quantitative estimate of drug-likeness (QED) is 0.379. The van der Waals surface area contributed by atoms with E-state index in [-0.39, 0.29) is 11.6 Å². The summed E-state index contributed by atoms with van der Waals surface area (Å²) in [5, 5.41) is 4.34. The van der Waals surface area contributed by atoms with Crippen molar-refractivity contribution < 1.29 is 13.7 Å². The van der Waals surface area contributed by atoms with Gasteiger partial charge in [-0.25, -0.2) is 19.2 Å². The number of benzene rings is 1. The van der Waals surface area contributed by atoms with E-state index in [1.165, 1.54) is 12.8 Å². The van der Waals surface area contributed by atoms with Gasteiger partial charge < -0.3 is 14.2 Å². The summed E-state index contributed by atoms with van der Waals surface area (Å²) < 4.78 is 26.6. The van der Waals surface area contributed by atoms with Gasteiger partial charge in [0, 0.05) is 23.7 Å². The number of imidazole rings is 1. The first-order chi connectivity index (χ1) is 18.5. The van der Waals surface area contributed by atoms with E-state index in [9.17, 15) is 9.18 Å². The minimum absolute atomic E-state index is 0.102. The Bertz CT molecular complexity index is 1490. The first kappa shape index (κ1) is 25.0. The molecule has 0 spiro atoms. The Hall–Kier alpha value is -3.31. The van der Waals surface area contributed by atoms with E-state index in [1.807, 2.05) is 23.1 Å². The van der Waals surface area contributed by atoms with E-state index in [4.69, 9.17) is 30.8 Å². The molecule has 10 nitrogen and oxygen atoms in total. The second kappa shape index (κ2) is 10.5. The highest BCUT2D eigenvalue weighted by molar-refractivity contribution is 6.30. The molecular weight excluding hydrogens is 513 g/mol. The number of aromatic nitrogens is 6. The maximum absolute atomic E-state index is 14.1. The van der Waals surface area contributed by atoms with Crippen LogP contribution in [0.1, 0.15) is 32.6 Å². The van der Waals surface area contributed by atoms with Crippen molar-refractivity contribution in [2.24, 2.45) is 11.8 Å². The van der Waals surface area contributed by atoms with Crippen molar-refractivity contribution in [3.05, 3.63) is 39.8 Å². The molecule has 0 radical (unpaired) electrons. The minimum atomic E-state index is -0.704. The average Bonchev–Trinajstić information content (AvgIpc) is 3.53. The number of nitrogens with zero attached hydrogens (tertiary/aromatic N) is 6. The summed E-state index contributed by atoms with van der Waals surface area (Å²) in [6.07, 6.45) is 4.58. The molecule has 1 aliphatic carbocycles. The number of nitrogens with one attached hydrogen (secondary N) is 1. The lowest BCUT2D eigenvalue weighted by Gasteiger charge is -2.36. The number of fused-ring (bicyclic) bond motifs is 1. The van der Waals surface area contributed by atoms with Crippen LogP contribution in [-0.4, -0.2) is 62.1 Å². The second-order valence-electron chi connectivity index (χ2n) is 10.2. The van der Waals surface area contributed by atoms with Gasteiger partial charge in [0.1, 0.15) is 17.9 Å². The number of hydrogen-bond donors (Lipinski definition) is 1. The molecular formula is C26H29ClFN7O3. The summed E-state index contributed by atoms with van der Waals surface area (Å²) in [7, 11) is 0. The molecule has 6 rings (SSSR count). The molecule has 4 heterocycles. The van der Waals surface area contributed by atoms with Crippen molar-refractivity contribution >= 4 is 28.7 Å². The van der Waals surface area contributed by atoms with Crippen molar-refractivity contribution in [3.63, 3.8) is 0 Å². The first-order valence-corrected chi connectivity index (χ1v) is 13.4. The Kier molecular flexibility index (Phi) is 6.87. The normalized spacial score (nSPS) is 22.3. The van der Waals surface area contributed by atoms with Crippen LogP contribution in [0, 0.1) is 11.8 Å². The summed E-state index contributed by atoms with van der Waals surface area (Å²) in [6, 6.07) is 6.96. The summed E-state index contributed by atoms with van der Waals surface area (Å²) in [6.45, 7) is 3.75. The number of hydrogen-bond acceptors (Lipinski definition) is 8. The molecule has 0 bridgehead atoms. The zero-order valence-corrected chi connectivity index (χ0v) is 21.8. The van der Waals surface area contributed by atoms with Gasteiger partial charge in [-0.2, -0.15) is 4.98 Å². The van der Waals surface area contributed by atoms with Gasteiger partial charge in [-0.05, 0) is 36.8 Å². The predicted molar refractivity (Wildman–Crippen MR) is 141 cm³/mol. The molecule has 200 valence electrons. The Morgan fingerprint density at radius 1 is 1.18 bits per heavy atom. The van der Waals surface area contributed by atoms with Crippen LogP contribution in [0.2, 0.25) is 5.02 Å². The Balaban J connectivity index is 1.58. The molecule has 1 atom stereocenters. The fourth-order valence-corrected chi connectivity index (χ4v) is 5.69. The SMILES string of the molecule is CC1CCC(Cn2c(N3CCOC[C@H]3CF)nc3nc(-c4noc(=O)[nH]4)nc(-c4cccc(Cl)c4)c32)CC1. The molecule has 12 heteroatoms. The van der Waals surface area contributed by atoms with Gasteiger partial charge in [-0.3, -0.25) is 9.51 Å². The number of H-pyrrole nitrogens is 1. The number of ether oxygens (including phenoxy) is 1. The zero-order chi connectivity index (χ0) is 26.2. The third-order valence-corrected chi connectivity index (χ3v) is 7.81. The van der Waals surface area contributed by atoms with Crippen molar-refractivity contribution in [1.29, 1.82) is 0 Å². The number of alkyl halides is 1. The molecule has 1 saturated carbocycles. The largest absolute Gasteiger partial charge is 0.439 e. The van der Waals surface area contributed by atoms with Gasteiger partial charge in [0.2, 0.25) is 17.6 Å². The Morgan fingerprint density at radius 2 is 2.03 bits per heavy atom. The van der Waals surface area contributed by atoms with Gasteiger partial charge in [0.05, 0.1) is 19.3 Å². The lowest BCUT2D eigenvalue weighted by atomic mass is 9.83. The predicted octanol–water partition coefficient (Wildman–Crippen LogP) is 4.49.